The van der Waals surface area contributed by atoms with Gasteiger partial charge in [-0.25, -0.2) is 4.98 Å². The number of carbonyl (C=O) groups excluding carboxylic acids is 3. The van der Waals surface area contributed by atoms with Crippen LogP contribution in [-0.2, 0) is 27.5 Å². The van der Waals surface area contributed by atoms with Crippen molar-refractivity contribution in [2.24, 2.45) is 0 Å². The van der Waals surface area contributed by atoms with E-state index in [1.54, 1.807) is 30.5 Å². The average Bonchev–Trinajstić information content (AvgIpc) is 2.83. The molecule has 0 fully saturated rings. The number of aromatic nitrogens is 1. The summed E-state index contributed by atoms with van der Waals surface area (Å²) in [7, 11) is 0. The van der Waals surface area contributed by atoms with Gasteiger partial charge in [-0.1, -0.05) is 60.1 Å². The van der Waals surface area contributed by atoms with Crippen molar-refractivity contribution in [3.8, 4) is 0 Å². The van der Waals surface area contributed by atoms with E-state index in [0.29, 0.717) is 17.4 Å². The van der Waals surface area contributed by atoms with Gasteiger partial charge in [-0.2, -0.15) is 0 Å². The van der Waals surface area contributed by atoms with Crippen LogP contribution in [0.3, 0.4) is 0 Å². The van der Waals surface area contributed by atoms with Gasteiger partial charge in [0.05, 0.1) is 6.54 Å². The summed E-state index contributed by atoms with van der Waals surface area (Å²) in [5, 5.41) is 6.04. The third-order valence-corrected chi connectivity index (χ3v) is 5.46. The van der Waals surface area contributed by atoms with Crippen LogP contribution in [0.1, 0.15) is 29.5 Å². The van der Waals surface area contributed by atoms with Gasteiger partial charge in [0, 0.05) is 37.2 Å². The predicted molar refractivity (Wildman–Crippen MR) is 132 cm³/mol. The fourth-order valence-corrected chi connectivity index (χ4v) is 3.47. The number of halogens is 1. The van der Waals surface area contributed by atoms with Gasteiger partial charge in [0.2, 0.25) is 17.7 Å². The summed E-state index contributed by atoms with van der Waals surface area (Å²) in [5.74, 6) is -0.497. The minimum absolute atomic E-state index is 0.0287. The molecule has 1 aromatic heterocycles. The highest BCUT2D eigenvalue weighted by Gasteiger charge is 2.20. The molecular formula is C26H27ClN4O3. The summed E-state index contributed by atoms with van der Waals surface area (Å²) < 4.78 is 0. The molecule has 0 bridgehead atoms. The lowest BCUT2D eigenvalue weighted by atomic mass is 10.2. The van der Waals surface area contributed by atoms with E-state index in [1.165, 1.54) is 4.90 Å². The predicted octanol–water partition coefficient (Wildman–Crippen LogP) is 4.11. The Labute approximate surface area is 204 Å². The molecule has 3 rings (SSSR count). The summed E-state index contributed by atoms with van der Waals surface area (Å²) in [6.07, 6.45) is 1.53. The van der Waals surface area contributed by atoms with E-state index in [0.717, 1.165) is 16.7 Å². The highest BCUT2D eigenvalue weighted by molar-refractivity contribution is 6.31. The standard InChI is InChI=1S/C26H27ClN4O3/c1-19-13-14-28-23(15-19)30-24(32)11-12-26(34)31(17-21-9-5-6-10-22(21)27)18-25(33)29-16-20-7-3-2-4-8-20/h2-10,13-15H,11-12,16-18H2,1H3,(H,29,33)(H,28,30,32). The molecule has 2 N–H and O–H groups in total. The molecule has 3 amide bonds. The second kappa shape index (κ2) is 12.5. The van der Waals surface area contributed by atoms with Crippen molar-refractivity contribution in [3.05, 3.63) is 94.6 Å². The summed E-state index contributed by atoms with van der Waals surface area (Å²) in [5.41, 5.74) is 2.65. The summed E-state index contributed by atoms with van der Waals surface area (Å²) in [6, 6.07) is 20.3. The van der Waals surface area contributed by atoms with Crippen LogP contribution in [0.5, 0.6) is 0 Å². The minimum Gasteiger partial charge on any atom is -0.350 e. The largest absolute Gasteiger partial charge is 0.350 e. The molecular weight excluding hydrogens is 452 g/mol. The second-order valence-electron chi connectivity index (χ2n) is 7.87. The van der Waals surface area contributed by atoms with E-state index in [1.807, 2.05) is 49.4 Å². The second-order valence-corrected chi connectivity index (χ2v) is 8.28. The highest BCUT2D eigenvalue weighted by atomic mass is 35.5. The van der Waals surface area contributed by atoms with Crippen LogP contribution in [0.25, 0.3) is 0 Å². The molecule has 0 unspecified atom stereocenters. The molecule has 0 aliphatic carbocycles. The molecule has 2 aromatic carbocycles. The number of rotatable bonds is 10. The van der Waals surface area contributed by atoms with E-state index in [-0.39, 0.29) is 43.7 Å². The van der Waals surface area contributed by atoms with Crippen molar-refractivity contribution >= 4 is 35.1 Å². The molecule has 0 atom stereocenters. The molecule has 34 heavy (non-hydrogen) atoms. The van der Waals surface area contributed by atoms with Gasteiger partial charge in [-0.05, 0) is 41.8 Å². The lowest BCUT2D eigenvalue weighted by Crippen LogP contribution is -2.40. The van der Waals surface area contributed by atoms with Crippen LogP contribution in [0.15, 0.2) is 72.9 Å². The van der Waals surface area contributed by atoms with E-state index in [9.17, 15) is 14.4 Å². The van der Waals surface area contributed by atoms with Gasteiger partial charge in [-0.3, -0.25) is 14.4 Å². The van der Waals surface area contributed by atoms with E-state index in [4.69, 9.17) is 11.6 Å². The maximum absolute atomic E-state index is 13.0. The van der Waals surface area contributed by atoms with E-state index >= 15 is 0 Å². The number of carbonyl (C=O) groups is 3. The average molecular weight is 479 g/mol. The van der Waals surface area contributed by atoms with Crippen molar-refractivity contribution in [1.29, 1.82) is 0 Å². The monoisotopic (exact) mass is 478 g/mol. The molecule has 8 heteroatoms. The van der Waals surface area contributed by atoms with Gasteiger partial charge in [0.15, 0.2) is 0 Å². The van der Waals surface area contributed by atoms with Crippen molar-refractivity contribution in [2.75, 3.05) is 11.9 Å². The van der Waals surface area contributed by atoms with Gasteiger partial charge >= 0.3 is 0 Å². The molecule has 0 saturated carbocycles. The Kier molecular flexibility index (Phi) is 9.17. The van der Waals surface area contributed by atoms with Crippen LogP contribution < -0.4 is 10.6 Å². The SMILES string of the molecule is Cc1ccnc(NC(=O)CCC(=O)N(CC(=O)NCc2ccccc2)Cc2ccccc2Cl)c1. The third kappa shape index (κ3) is 8.01. The summed E-state index contributed by atoms with van der Waals surface area (Å²) in [6.45, 7) is 2.28. The van der Waals surface area contributed by atoms with Gasteiger partial charge in [0.25, 0.3) is 0 Å². The number of benzene rings is 2. The molecule has 1 heterocycles. The molecule has 3 aromatic rings. The third-order valence-electron chi connectivity index (χ3n) is 5.09. The Morgan fingerprint density at radius 3 is 2.41 bits per heavy atom. The van der Waals surface area contributed by atoms with Gasteiger partial charge in [0.1, 0.15) is 5.82 Å². The number of hydrogen-bond donors (Lipinski definition) is 2. The smallest absolute Gasteiger partial charge is 0.239 e. The van der Waals surface area contributed by atoms with E-state index < -0.39 is 0 Å². The number of nitrogens with one attached hydrogen (secondary N) is 2. The zero-order valence-electron chi connectivity index (χ0n) is 19.0. The topological polar surface area (TPSA) is 91.4 Å². The van der Waals surface area contributed by atoms with Crippen molar-refractivity contribution in [3.63, 3.8) is 0 Å². The maximum Gasteiger partial charge on any atom is 0.239 e. The quantitative estimate of drug-likeness (QED) is 0.458. The van der Waals surface area contributed by atoms with Gasteiger partial charge in [-0.15, -0.1) is 0 Å². The first kappa shape index (κ1) is 24.9. The normalized spacial score (nSPS) is 10.4. The van der Waals surface area contributed by atoms with Crippen LogP contribution in [0.2, 0.25) is 5.02 Å². The Bertz CT molecular complexity index is 1140. The lowest BCUT2D eigenvalue weighted by molar-refractivity contribution is -0.137. The van der Waals surface area contributed by atoms with Crippen molar-refractivity contribution in [2.45, 2.75) is 32.9 Å². The molecule has 0 spiro atoms. The highest BCUT2D eigenvalue weighted by Crippen LogP contribution is 2.18. The minimum atomic E-state index is -0.322. The van der Waals surface area contributed by atoms with Crippen molar-refractivity contribution in [1.82, 2.24) is 15.2 Å². The zero-order valence-corrected chi connectivity index (χ0v) is 19.7. The zero-order chi connectivity index (χ0) is 24.3. The van der Waals surface area contributed by atoms with E-state index in [2.05, 4.69) is 15.6 Å². The lowest BCUT2D eigenvalue weighted by Gasteiger charge is -2.23. The first-order valence-corrected chi connectivity index (χ1v) is 11.3. The Balaban J connectivity index is 1.60. The van der Waals surface area contributed by atoms with Gasteiger partial charge < -0.3 is 15.5 Å². The molecule has 7 nitrogen and oxygen atoms in total. The van der Waals surface area contributed by atoms with Crippen LogP contribution in [0.4, 0.5) is 5.82 Å². The summed E-state index contributed by atoms with van der Waals surface area (Å²) in [4.78, 5) is 43.4. The first-order valence-electron chi connectivity index (χ1n) is 10.9. The molecule has 0 aliphatic heterocycles. The Morgan fingerprint density at radius 2 is 1.68 bits per heavy atom. The number of nitrogens with zero attached hydrogens (tertiary/aromatic N) is 2. The fourth-order valence-electron chi connectivity index (χ4n) is 3.28. The number of hydrogen-bond acceptors (Lipinski definition) is 4. The Morgan fingerprint density at radius 1 is 0.941 bits per heavy atom. The number of amides is 3. The maximum atomic E-state index is 13.0. The first-order chi connectivity index (χ1) is 16.4. The Hall–Kier alpha value is -3.71. The van der Waals surface area contributed by atoms with Crippen LogP contribution >= 0.6 is 11.6 Å². The number of aryl methyl sites for hydroxylation is 1. The van der Waals surface area contributed by atoms with Crippen molar-refractivity contribution < 1.29 is 14.4 Å². The molecule has 0 aliphatic rings. The summed E-state index contributed by atoms with van der Waals surface area (Å²) >= 11 is 6.27. The van der Waals surface area contributed by atoms with Crippen LogP contribution in [0, 0.1) is 6.92 Å². The number of pyridine rings is 1. The molecule has 0 saturated heterocycles. The molecule has 176 valence electrons. The molecule has 0 radical (unpaired) electrons. The van der Waals surface area contributed by atoms with Crippen LogP contribution in [-0.4, -0.2) is 34.2 Å². The number of anilines is 1. The fraction of sp³-hybridized carbons (Fsp3) is 0.231.